The van der Waals surface area contributed by atoms with E-state index < -0.39 is 0 Å². The van der Waals surface area contributed by atoms with Gasteiger partial charge < -0.3 is 5.32 Å². The predicted molar refractivity (Wildman–Crippen MR) is 104 cm³/mol. The molecule has 3 heterocycles. The maximum atomic E-state index is 12.2. The minimum Gasteiger partial charge on any atom is -0.325 e. The second-order valence-corrected chi connectivity index (χ2v) is 7.50. The van der Waals surface area contributed by atoms with Gasteiger partial charge in [0, 0.05) is 5.69 Å². The van der Waals surface area contributed by atoms with Gasteiger partial charge in [0.15, 0.2) is 0 Å². The molecule has 7 heteroatoms. The lowest BCUT2D eigenvalue weighted by molar-refractivity contribution is -0.113. The van der Waals surface area contributed by atoms with Crippen molar-refractivity contribution in [3.63, 3.8) is 0 Å². The Morgan fingerprint density at radius 3 is 2.88 bits per heavy atom. The van der Waals surface area contributed by atoms with Gasteiger partial charge in [-0.2, -0.15) is 0 Å². The van der Waals surface area contributed by atoms with Crippen molar-refractivity contribution in [1.29, 1.82) is 0 Å². The summed E-state index contributed by atoms with van der Waals surface area (Å²) < 4.78 is 3.21. The number of thioether (sulfide) groups is 1. The maximum Gasteiger partial charge on any atom is 0.234 e. The van der Waals surface area contributed by atoms with E-state index >= 15 is 0 Å². The van der Waals surface area contributed by atoms with E-state index in [1.807, 2.05) is 28.7 Å². The van der Waals surface area contributed by atoms with Crippen molar-refractivity contribution in [1.82, 2.24) is 14.6 Å². The molecule has 4 rings (SSSR count). The topological polar surface area (TPSA) is 59.3 Å². The normalized spacial score (nSPS) is 11.2. The highest BCUT2D eigenvalue weighted by molar-refractivity contribution is 8.00. The molecular formula is C18H16N4OS2. The Kier molecular flexibility index (Phi) is 4.42. The quantitative estimate of drug-likeness (QED) is 0.535. The predicted octanol–water partition coefficient (Wildman–Crippen LogP) is 4.24. The van der Waals surface area contributed by atoms with Gasteiger partial charge in [-0.05, 0) is 41.6 Å². The molecule has 0 fully saturated rings. The van der Waals surface area contributed by atoms with Crippen molar-refractivity contribution in [2.75, 3.05) is 11.1 Å². The van der Waals surface area contributed by atoms with E-state index in [1.54, 1.807) is 17.7 Å². The number of hydrogen-bond donors (Lipinski definition) is 1. The monoisotopic (exact) mass is 368 g/mol. The molecule has 0 radical (unpaired) electrons. The molecule has 0 saturated carbocycles. The summed E-state index contributed by atoms with van der Waals surface area (Å²) in [4.78, 5) is 12.2. The van der Waals surface area contributed by atoms with E-state index in [2.05, 4.69) is 40.0 Å². The molecular weight excluding hydrogens is 352 g/mol. The molecule has 1 N–H and O–H groups in total. The number of aromatic nitrogens is 3. The number of benzene rings is 1. The number of fused-ring (bicyclic) bond motifs is 3. The molecule has 4 aromatic rings. The fourth-order valence-corrected chi connectivity index (χ4v) is 4.23. The van der Waals surface area contributed by atoms with Crippen LogP contribution >= 0.6 is 23.1 Å². The largest absolute Gasteiger partial charge is 0.325 e. The first kappa shape index (κ1) is 16.1. The number of carbonyl (C=O) groups excluding carboxylic acids is 1. The van der Waals surface area contributed by atoms with Crippen LogP contribution in [0.4, 0.5) is 5.69 Å². The Bertz CT molecular complexity index is 1040. The van der Waals surface area contributed by atoms with Crippen LogP contribution in [-0.4, -0.2) is 26.3 Å². The van der Waals surface area contributed by atoms with Crippen molar-refractivity contribution in [3.8, 4) is 0 Å². The van der Waals surface area contributed by atoms with Gasteiger partial charge in [-0.25, -0.2) is 0 Å². The third-order valence-electron chi connectivity index (χ3n) is 3.98. The Morgan fingerprint density at radius 2 is 2.08 bits per heavy atom. The minimum atomic E-state index is -0.0496. The number of aryl methyl sites for hydroxylation is 1. The molecule has 5 nitrogen and oxygen atoms in total. The van der Waals surface area contributed by atoms with Crippen molar-refractivity contribution in [2.24, 2.45) is 0 Å². The molecule has 1 aromatic carbocycles. The van der Waals surface area contributed by atoms with E-state index in [0.717, 1.165) is 28.2 Å². The molecule has 0 atom stereocenters. The van der Waals surface area contributed by atoms with Crippen molar-refractivity contribution < 1.29 is 4.79 Å². The lowest BCUT2D eigenvalue weighted by Gasteiger charge is -2.06. The average Bonchev–Trinajstić information content (AvgIpc) is 3.22. The van der Waals surface area contributed by atoms with Crippen molar-refractivity contribution in [3.05, 3.63) is 53.7 Å². The Labute approximate surface area is 153 Å². The first-order valence-electron chi connectivity index (χ1n) is 7.96. The molecule has 1 amide bonds. The van der Waals surface area contributed by atoms with Crippen LogP contribution in [0.25, 0.3) is 15.7 Å². The summed E-state index contributed by atoms with van der Waals surface area (Å²) in [5, 5.41) is 14.0. The van der Waals surface area contributed by atoms with Gasteiger partial charge in [0.1, 0.15) is 11.4 Å². The smallest absolute Gasteiger partial charge is 0.234 e. The molecule has 0 saturated heterocycles. The van der Waals surface area contributed by atoms with Gasteiger partial charge >= 0.3 is 0 Å². The number of amides is 1. The summed E-state index contributed by atoms with van der Waals surface area (Å²) >= 11 is 3.09. The summed E-state index contributed by atoms with van der Waals surface area (Å²) in [6.45, 7) is 2.11. The average molecular weight is 368 g/mol. The number of rotatable bonds is 5. The highest BCUT2D eigenvalue weighted by atomic mass is 32.2. The van der Waals surface area contributed by atoms with Gasteiger partial charge in [-0.1, -0.05) is 30.8 Å². The summed E-state index contributed by atoms with van der Waals surface area (Å²) in [5.41, 5.74) is 4.18. The van der Waals surface area contributed by atoms with Crippen LogP contribution in [0.15, 0.2) is 53.1 Å². The highest BCUT2D eigenvalue weighted by Gasteiger charge is 2.12. The molecule has 0 aliphatic heterocycles. The van der Waals surface area contributed by atoms with Gasteiger partial charge in [-0.15, -0.1) is 21.5 Å². The van der Waals surface area contributed by atoms with Gasteiger partial charge in [0.05, 0.1) is 21.5 Å². The fraction of sp³-hybridized carbons (Fsp3) is 0.167. The van der Waals surface area contributed by atoms with Crippen LogP contribution in [0, 0.1) is 0 Å². The summed E-state index contributed by atoms with van der Waals surface area (Å²) in [7, 11) is 0. The summed E-state index contributed by atoms with van der Waals surface area (Å²) in [6, 6.07) is 12.1. The first-order chi connectivity index (χ1) is 12.2. The number of hydrogen-bond acceptors (Lipinski definition) is 5. The van der Waals surface area contributed by atoms with E-state index in [1.165, 1.54) is 22.0 Å². The molecule has 25 heavy (non-hydrogen) atoms. The SMILES string of the molecule is CCc1ccc(NC(=O)CSc2nncn3c2cc2sccc23)cc1. The standard InChI is InChI=1S/C18H16N4OS2/c1-2-12-3-5-13(6-4-12)20-17(23)10-25-18-15-9-16-14(7-8-24-16)22(15)11-19-21-18/h3-9,11H,2,10H2,1H3,(H,20,23). The van der Waals surface area contributed by atoms with Crippen LogP contribution in [0.5, 0.6) is 0 Å². The van der Waals surface area contributed by atoms with E-state index in [4.69, 9.17) is 0 Å². The number of thiophene rings is 1. The molecule has 0 aliphatic carbocycles. The van der Waals surface area contributed by atoms with E-state index in [-0.39, 0.29) is 5.91 Å². The lowest BCUT2D eigenvalue weighted by atomic mass is 10.1. The molecule has 0 unspecified atom stereocenters. The second-order valence-electron chi connectivity index (χ2n) is 5.59. The lowest BCUT2D eigenvalue weighted by Crippen LogP contribution is -2.14. The number of nitrogens with one attached hydrogen (secondary N) is 1. The van der Waals surface area contributed by atoms with Gasteiger partial charge in [0.2, 0.25) is 5.91 Å². The fourth-order valence-electron chi connectivity index (χ4n) is 2.67. The number of carbonyl (C=O) groups is 1. The zero-order chi connectivity index (χ0) is 17.2. The van der Waals surface area contributed by atoms with Crippen LogP contribution in [-0.2, 0) is 11.2 Å². The van der Waals surface area contributed by atoms with E-state index in [9.17, 15) is 4.79 Å². The van der Waals surface area contributed by atoms with Crippen LogP contribution in [0.2, 0.25) is 0 Å². The van der Waals surface area contributed by atoms with Crippen molar-refractivity contribution in [2.45, 2.75) is 18.4 Å². The maximum absolute atomic E-state index is 12.2. The first-order valence-corrected chi connectivity index (χ1v) is 9.82. The summed E-state index contributed by atoms with van der Waals surface area (Å²) in [6.07, 6.45) is 2.70. The molecule has 0 aliphatic rings. The number of nitrogens with zero attached hydrogens (tertiary/aromatic N) is 3. The third-order valence-corrected chi connectivity index (χ3v) is 5.80. The van der Waals surface area contributed by atoms with Crippen LogP contribution < -0.4 is 5.32 Å². The Morgan fingerprint density at radius 1 is 1.24 bits per heavy atom. The van der Waals surface area contributed by atoms with Crippen LogP contribution in [0.3, 0.4) is 0 Å². The molecule has 0 spiro atoms. The van der Waals surface area contributed by atoms with Gasteiger partial charge in [-0.3, -0.25) is 9.20 Å². The summed E-state index contributed by atoms with van der Waals surface area (Å²) in [5.74, 6) is 0.245. The molecule has 126 valence electrons. The highest BCUT2D eigenvalue weighted by Crippen LogP contribution is 2.29. The van der Waals surface area contributed by atoms with E-state index in [0.29, 0.717) is 5.75 Å². The zero-order valence-electron chi connectivity index (χ0n) is 13.6. The number of anilines is 1. The Hall–Kier alpha value is -2.38. The second kappa shape index (κ2) is 6.85. The molecule has 3 aromatic heterocycles. The van der Waals surface area contributed by atoms with Crippen LogP contribution in [0.1, 0.15) is 12.5 Å². The molecule has 0 bridgehead atoms. The third kappa shape index (κ3) is 3.25. The zero-order valence-corrected chi connectivity index (χ0v) is 15.2. The Balaban J connectivity index is 1.47. The minimum absolute atomic E-state index is 0.0496. The van der Waals surface area contributed by atoms with Gasteiger partial charge in [0.25, 0.3) is 0 Å². The van der Waals surface area contributed by atoms with Crippen molar-refractivity contribution >= 4 is 50.4 Å².